The van der Waals surface area contributed by atoms with Crippen LogP contribution < -0.4 is 10.6 Å². The van der Waals surface area contributed by atoms with Crippen molar-refractivity contribution in [2.24, 2.45) is 23.7 Å². The number of nitrogens with one attached hydrogen (secondary N) is 4. The van der Waals surface area contributed by atoms with Crippen molar-refractivity contribution in [2.75, 3.05) is 27.3 Å². The molecule has 4 aromatic rings. The highest BCUT2D eigenvalue weighted by Crippen LogP contribution is 2.44. The first-order valence-electron chi connectivity index (χ1n) is 18.6. The lowest BCUT2D eigenvalue weighted by molar-refractivity contribution is -0.136. The van der Waals surface area contributed by atoms with Crippen molar-refractivity contribution >= 4 is 56.1 Å². The normalized spacial score (nSPS) is 21.3. The molecule has 54 heavy (non-hydrogen) atoms. The van der Waals surface area contributed by atoms with Gasteiger partial charge >= 0.3 is 12.2 Å². The van der Waals surface area contributed by atoms with Crippen molar-refractivity contribution in [2.45, 2.75) is 92.4 Å². The number of rotatable bonds is 10. The molecule has 0 saturated carbocycles. The number of amides is 4. The molecular weight excluding hydrogens is 729 g/mol. The molecule has 0 spiro atoms. The maximum absolute atomic E-state index is 13.8. The fourth-order valence-electron chi connectivity index (χ4n) is 7.69. The van der Waals surface area contributed by atoms with Gasteiger partial charge in [-0.3, -0.25) is 9.59 Å². The van der Waals surface area contributed by atoms with Gasteiger partial charge in [0.05, 0.1) is 36.1 Å². The number of aromatic nitrogens is 4. The summed E-state index contributed by atoms with van der Waals surface area (Å²) in [5, 5.41) is 5.45. The number of imidazole rings is 2. The number of aromatic amines is 2. The maximum atomic E-state index is 13.8. The van der Waals surface area contributed by atoms with Crippen LogP contribution in [0.25, 0.3) is 30.5 Å². The van der Waals surface area contributed by atoms with Crippen molar-refractivity contribution in [3.8, 4) is 21.1 Å². The number of carbonyl (C=O) groups is 4. The van der Waals surface area contributed by atoms with Gasteiger partial charge in [-0.05, 0) is 62.5 Å². The van der Waals surface area contributed by atoms with Crippen LogP contribution in [0.1, 0.15) is 89.5 Å². The number of nitrogens with zero attached hydrogens (tertiary/aromatic N) is 4. The number of alkyl carbamates (subject to hydrolysis) is 2. The summed E-state index contributed by atoms with van der Waals surface area (Å²) >= 11 is 3.33. The quantitative estimate of drug-likeness (QED) is 0.134. The third kappa shape index (κ3) is 7.72. The van der Waals surface area contributed by atoms with Crippen LogP contribution in [0.15, 0.2) is 12.1 Å². The number of hydrogen-bond donors (Lipinski definition) is 4. The first-order chi connectivity index (χ1) is 25.6. The molecule has 4 aromatic heterocycles. The molecule has 0 radical (unpaired) electrons. The zero-order chi connectivity index (χ0) is 39.2. The number of methoxy groups -OCH3 is 2. The maximum Gasteiger partial charge on any atom is 0.407 e. The summed E-state index contributed by atoms with van der Waals surface area (Å²) in [7, 11) is 2.59. The average molecular weight is 781 g/mol. The monoisotopic (exact) mass is 780 g/mol. The van der Waals surface area contributed by atoms with Gasteiger partial charge in [0.15, 0.2) is 0 Å². The Morgan fingerprint density at radius 2 is 1.09 bits per heavy atom. The molecule has 2 aliphatic rings. The second kappa shape index (κ2) is 15.7. The predicted octanol–water partition coefficient (Wildman–Crippen LogP) is 6.94. The van der Waals surface area contributed by atoms with Gasteiger partial charge < -0.3 is 39.9 Å². The molecule has 16 heteroatoms. The molecule has 292 valence electrons. The minimum absolute atomic E-state index is 0.118. The molecule has 2 saturated heterocycles. The number of likely N-dealkylation sites (tertiary alicyclic amines) is 2. The van der Waals surface area contributed by atoms with E-state index in [0.717, 1.165) is 66.4 Å². The third-order valence-corrected chi connectivity index (χ3v) is 12.8. The summed E-state index contributed by atoms with van der Waals surface area (Å²) in [5.41, 5.74) is 3.58. The smallest absolute Gasteiger partial charge is 0.407 e. The van der Waals surface area contributed by atoms with E-state index < -0.39 is 24.3 Å². The highest BCUT2D eigenvalue weighted by Gasteiger charge is 2.42. The molecule has 2 fully saturated rings. The Labute approximate surface area is 323 Å². The zero-order valence-electron chi connectivity index (χ0n) is 32.7. The lowest BCUT2D eigenvalue weighted by Crippen LogP contribution is -2.51. The molecule has 2 aliphatic heterocycles. The summed E-state index contributed by atoms with van der Waals surface area (Å²) < 4.78 is 11.8. The van der Waals surface area contributed by atoms with E-state index in [2.05, 4.69) is 46.6 Å². The summed E-state index contributed by atoms with van der Waals surface area (Å²) in [5.74, 6) is 1.52. The summed E-state index contributed by atoms with van der Waals surface area (Å²) in [6.45, 7) is 17.1. The van der Waals surface area contributed by atoms with E-state index in [9.17, 15) is 19.2 Å². The van der Waals surface area contributed by atoms with Gasteiger partial charge in [-0.2, -0.15) is 0 Å². The third-order valence-electron chi connectivity index (χ3n) is 10.5. The Balaban J connectivity index is 1.22. The molecule has 0 aromatic carbocycles. The van der Waals surface area contributed by atoms with Crippen LogP contribution in [0.5, 0.6) is 0 Å². The largest absolute Gasteiger partial charge is 0.453 e. The zero-order valence-corrected chi connectivity index (χ0v) is 34.3. The molecule has 6 unspecified atom stereocenters. The Hall–Kier alpha value is -4.44. The number of thiophene rings is 2. The minimum atomic E-state index is -0.705. The minimum Gasteiger partial charge on any atom is -0.453 e. The van der Waals surface area contributed by atoms with Crippen LogP contribution in [0.3, 0.4) is 0 Å². The average Bonchev–Trinajstić information content (AvgIpc) is 3.97. The number of fused-ring (bicyclic) bond motifs is 1. The van der Waals surface area contributed by atoms with Crippen LogP contribution >= 0.6 is 22.7 Å². The molecule has 4 N–H and O–H groups in total. The van der Waals surface area contributed by atoms with Gasteiger partial charge in [0, 0.05) is 33.9 Å². The van der Waals surface area contributed by atoms with Crippen LogP contribution in [-0.2, 0) is 19.1 Å². The topological polar surface area (TPSA) is 175 Å². The fraction of sp³-hybridized carbons (Fsp3) is 0.579. The van der Waals surface area contributed by atoms with Crippen molar-refractivity contribution in [3.05, 3.63) is 35.2 Å². The van der Waals surface area contributed by atoms with E-state index in [-0.39, 0.29) is 47.6 Å². The predicted molar refractivity (Wildman–Crippen MR) is 209 cm³/mol. The molecular formula is C38H52N8O6S2. The summed E-state index contributed by atoms with van der Waals surface area (Å²) in [6, 6.07) is 2.45. The first kappa shape index (κ1) is 39.3. The van der Waals surface area contributed by atoms with E-state index in [4.69, 9.17) is 19.4 Å². The van der Waals surface area contributed by atoms with Crippen LogP contribution in [0.2, 0.25) is 0 Å². The summed E-state index contributed by atoms with van der Waals surface area (Å²) in [6.07, 6.45) is 0.283. The first-order valence-corrected chi connectivity index (χ1v) is 20.2. The number of H-pyrrole nitrogens is 2. The SMILES string of the molecule is COC(=O)NC(C(=O)N1CC(C)CC1c1nc(-c2cc3sc(-c4nc(C5CC(C)CN5C(=O)C(NC(=O)OC)C(C)C)[nH]c4C)cc3s2)c(C)[nH]1)C(C)C. The highest BCUT2D eigenvalue weighted by atomic mass is 32.1. The number of carbonyl (C=O) groups excluding carboxylic acids is 4. The van der Waals surface area contributed by atoms with Gasteiger partial charge in [0.25, 0.3) is 0 Å². The van der Waals surface area contributed by atoms with Crippen LogP contribution in [0.4, 0.5) is 9.59 Å². The van der Waals surface area contributed by atoms with E-state index in [0.29, 0.717) is 13.1 Å². The number of ether oxygens (including phenoxy) is 2. The van der Waals surface area contributed by atoms with Gasteiger partial charge in [0.1, 0.15) is 35.1 Å². The number of aryl methyl sites for hydroxylation is 2. The van der Waals surface area contributed by atoms with E-state index in [1.54, 1.807) is 22.7 Å². The molecule has 0 aliphatic carbocycles. The van der Waals surface area contributed by atoms with Gasteiger partial charge in [-0.25, -0.2) is 19.6 Å². The summed E-state index contributed by atoms with van der Waals surface area (Å²) in [4.78, 5) is 74.6. The molecule has 6 atom stereocenters. The van der Waals surface area contributed by atoms with Crippen LogP contribution in [0, 0.1) is 37.5 Å². The van der Waals surface area contributed by atoms with Crippen molar-refractivity contribution in [3.63, 3.8) is 0 Å². The molecule has 4 amide bonds. The van der Waals surface area contributed by atoms with Crippen LogP contribution in [-0.4, -0.2) is 93.1 Å². The van der Waals surface area contributed by atoms with Crippen molar-refractivity contribution in [1.29, 1.82) is 0 Å². The Kier molecular flexibility index (Phi) is 11.4. The fourth-order valence-corrected chi connectivity index (χ4v) is 10.2. The van der Waals surface area contributed by atoms with Gasteiger partial charge in [-0.15, -0.1) is 22.7 Å². The Morgan fingerprint density at radius 1 is 0.722 bits per heavy atom. The molecule has 0 bridgehead atoms. The molecule has 14 nitrogen and oxygen atoms in total. The second-order valence-electron chi connectivity index (χ2n) is 15.6. The standard InChI is InChI=1S/C38H52N8O6S2/c1-17(2)29(43-37(49)51-9)35(47)45-15-19(5)11-23(45)33-39-21(7)31(41-33)27-13-25-26(53-27)14-28(54-25)32-22(8)40-34(42-32)24-12-20(6)16-46(24)36(48)30(18(3)4)44-38(50)52-10/h13-14,17-20,23-24,29-30H,11-12,15-16H2,1-10H3,(H,39,41)(H,40,42)(H,43,49)(H,44,50). The molecule has 6 rings (SSSR count). The highest BCUT2D eigenvalue weighted by molar-refractivity contribution is 7.31. The van der Waals surface area contributed by atoms with Crippen molar-refractivity contribution in [1.82, 2.24) is 40.4 Å². The number of hydrogen-bond acceptors (Lipinski definition) is 10. The Bertz CT molecular complexity index is 1860. The van der Waals surface area contributed by atoms with E-state index >= 15 is 0 Å². The van der Waals surface area contributed by atoms with Gasteiger partial charge in [-0.1, -0.05) is 41.5 Å². The second-order valence-corrected chi connectivity index (χ2v) is 17.7. The Morgan fingerprint density at radius 3 is 1.43 bits per heavy atom. The molecule has 6 heterocycles. The van der Waals surface area contributed by atoms with E-state index in [1.807, 2.05) is 51.3 Å². The van der Waals surface area contributed by atoms with E-state index in [1.165, 1.54) is 14.2 Å². The van der Waals surface area contributed by atoms with Crippen molar-refractivity contribution < 1.29 is 28.7 Å². The van der Waals surface area contributed by atoms with Gasteiger partial charge in [0.2, 0.25) is 11.8 Å². The lowest BCUT2D eigenvalue weighted by Gasteiger charge is -2.30. The lowest BCUT2D eigenvalue weighted by atomic mass is 10.0.